The number of benzene rings is 2. The molecule has 2 atom stereocenters. The highest BCUT2D eigenvalue weighted by Gasteiger charge is 2.30. The van der Waals surface area contributed by atoms with Gasteiger partial charge in [-0.05, 0) is 60.7 Å². The van der Waals surface area contributed by atoms with Crippen LogP contribution in [-0.2, 0) is 16.0 Å². The van der Waals surface area contributed by atoms with E-state index in [0.29, 0.717) is 43.1 Å². The molecular weight excluding hydrogens is 485 g/mol. The van der Waals surface area contributed by atoms with Crippen LogP contribution >= 0.6 is 0 Å². The van der Waals surface area contributed by atoms with Crippen LogP contribution in [0.25, 0.3) is 11.1 Å². The summed E-state index contributed by atoms with van der Waals surface area (Å²) in [4.78, 5) is 15.6. The molecular formula is C31H30FNO5. The number of rotatable bonds is 8. The van der Waals surface area contributed by atoms with Crippen molar-refractivity contribution in [3.8, 4) is 34.5 Å². The molecule has 2 heterocycles. The minimum absolute atomic E-state index is 0.0683. The fourth-order valence-corrected chi connectivity index (χ4v) is 5.22. The van der Waals surface area contributed by atoms with E-state index in [1.165, 1.54) is 6.07 Å². The fourth-order valence-electron chi connectivity index (χ4n) is 5.22. The molecule has 38 heavy (non-hydrogen) atoms. The number of aliphatic carboxylic acids is 1. The van der Waals surface area contributed by atoms with E-state index in [0.717, 1.165) is 35.1 Å². The van der Waals surface area contributed by atoms with Crippen LogP contribution in [0.1, 0.15) is 61.3 Å². The molecule has 0 saturated carbocycles. The summed E-state index contributed by atoms with van der Waals surface area (Å²) in [5, 5.41) is 9.19. The summed E-state index contributed by atoms with van der Waals surface area (Å²) < 4.78 is 32.9. The summed E-state index contributed by atoms with van der Waals surface area (Å²) in [5.41, 5.74) is 4.13. The summed E-state index contributed by atoms with van der Waals surface area (Å²) in [6.45, 7) is 3.09. The van der Waals surface area contributed by atoms with Gasteiger partial charge in [0.15, 0.2) is 0 Å². The Bertz CT molecular complexity index is 1350. The molecule has 2 aliphatic rings. The Hall–Kier alpha value is -3.89. The molecule has 1 N–H and O–H groups in total. The Morgan fingerprint density at radius 1 is 1.11 bits per heavy atom. The lowest BCUT2D eigenvalue weighted by Crippen LogP contribution is -2.25. The van der Waals surface area contributed by atoms with Crippen molar-refractivity contribution in [2.75, 3.05) is 13.2 Å². The van der Waals surface area contributed by atoms with Crippen molar-refractivity contribution in [3.05, 3.63) is 77.4 Å². The van der Waals surface area contributed by atoms with Gasteiger partial charge in [-0.25, -0.2) is 4.39 Å². The average Bonchev–Trinajstić information content (AvgIpc) is 3.34. The fraction of sp³-hybridized carbons (Fsp3) is 0.355. The second kappa shape index (κ2) is 11.7. The Morgan fingerprint density at radius 3 is 2.63 bits per heavy atom. The lowest BCUT2D eigenvalue weighted by atomic mass is 9.96. The molecule has 1 aliphatic heterocycles. The molecule has 0 spiro atoms. The van der Waals surface area contributed by atoms with Crippen LogP contribution in [-0.4, -0.2) is 35.4 Å². The Labute approximate surface area is 221 Å². The van der Waals surface area contributed by atoms with Gasteiger partial charge in [-0.2, -0.15) is 0 Å². The highest BCUT2D eigenvalue weighted by molar-refractivity contribution is 5.71. The van der Waals surface area contributed by atoms with Crippen LogP contribution in [0.4, 0.5) is 4.39 Å². The number of nitrogens with zero attached hydrogens (tertiary/aromatic N) is 1. The summed E-state index contributed by atoms with van der Waals surface area (Å²) in [7, 11) is 0. The molecule has 7 heteroatoms. The number of carboxylic acids is 1. The van der Waals surface area contributed by atoms with Gasteiger partial charge in [0, 0.05) is 30.2 Å². The van der Waals surface area contributed by atoms with Gasteiger partial charge in [-0.15, -0.1) is 5.92 Å². The third-order valence-electron chi connectivity index (χ3n) is 7.04. The maximum Gasteiger partial charge on any atom is 0.304 e. The van der Waals surface area contributed by atoms with Crippen molar-refractivity contribution < 1.29 is 28.5 Å². The van der Waals surface area contributed by atoms with Gasteiger partial charge in [0.1, 0.15) is 29.5 Å². The summed E-state index contributed by atoms with van der Waals surface area (Å²) in [6, 6.07) is 12.5. The monoisotopic (exact) mass is 515 g/mol. The summed E-state index contributed by atoms with van der Waals surface area (Å²) in [5.74, 6) is 5.48. The zero-order chi connectivity index (χ0) is 26.5. The first-order valence-electron chi connectivity index (χ1n) is 12.9. The third kappa shape index (κ3) is 5.81. The first kappa shape index (κ1) is 25.7. The highest BCUT2D eigenvalue weighted by atomic mass is 19.1. The number of carbonyl (C=O) groups is 1. The van der Waals surface area contributed by atoms with Crippen molar-refractivity contribution in [2.45, 2.75) is 57.2 Å². The number of fused-ring (bicyclic) bond motifs is 1. The number of hydrogen-bond acceptors (Lipinski definition) is 5. The Balaban J connectivity index is 1.35. The van der Waals surface area contributed by atoms with Crippen LogP contribution < -0.4 is 9.47 Å². The molecule has 0 radical (unpaired) electrons. The maximum atomic E-state index is 15.1. The first-order valence-corrected chi connectivity index (χ1v) is 12.9. The van der Waals surface area contributed by atoms with E-state index in [4.69, 9.17) is 14.2 Å². The number of halogens is 1. The van der Waals surface area contributed by atoms with E-state index >= 15 is 4.39 Å². The topological polar surface area (TPSA) is 77.9 Å². The van der Waals surface area contributed by atoms with Gasteiger partial charge in [0.25, 0.3) is 0 Å². The maximum absolute atomic E-state index is 15.1. The normalized spacial score (nSPS) is 17.7. The molecule has 0 bridgehead atoms. The first-order chi connectivity index (χ1) is 18.5. The lowest BCUT2D eigenvalue weighted by Gasteiger charge is -2.23. The minimum Gasteiger partial charge on any atom is -0.489 e. The molecule has 1 aromatic heterocycles. The van der Waals surface area contributed by atoms with E-state index in [-0.39, 0.29) is 18.3 Å². The predicted molar refractivity (Wildman–Crippen MR) is 141 cm³/mol. The molecule has 0 amide bonds. The van der Waals surface area contributed by atoms with E-state index in [1.807, 2.05) is 18.2 Å². The van der Waals surface area contributed by atoms with Crippen LogP contribution in [0.15, 0.2) is 54.9 Å². The summed E-state index contributed by atoms with van der Waals surface area (Å²) >= 11 is 0. The Kier molecular flexibility index (Phi) is 7.90. The number of hydrogen-bond donors (Lipinski definition) is 1. The van der Waals surface area contributed by atoms with Crippen LogP contribution in [0, 0.1) is 17.7 Å². The molecule has 1 fully saturated rings. The second-order valence-electron chi connectivity index (χ2n) is 9.59. The number of carboxylic acid groups (broad SMARTS) is 1. The summed E-state index contributed by atoms with van der Waals surface area (Å²) in [6.07, 6.45) is 6.15. The van der Waals surface area contributed by atoms with Crippen LogP contribution in [0.5, 0.6) is 11.5 Å². The van der Waals surface area contributed by atoms with Gasteiger partial charge in [-0.1, -0.05) is 24.1 Å². The van der Waals surface area contributed by atoms with E-state index in [2.05, 4.69) is 16.8 Å². The number of ether oxygens (including phenoxy) is 3. The van der Waals surface area contributed by atoms with Gasteiger partial charge >= 0.3 is 5.97 Å². The van der Waals surface area contributed by atoms with Gasteiger partial charge in [0.2, 0.25) is 0 Å². The van der Waals surface area contributed by atoms with Crippen molar-refractivity contribution in [3.63, 3.8) is 0 Å². The lowest BCUT2D eigenvalue weighted by molar-refractivity contribution is -0.137. The number of pyridine rings is 1. The molecule has 1 aliphatic carbocycles. The highest BCUT2D eigenvalue weighted by Crippen LogP contribution is 2.42. The smallest absolute Gasteiger partial charge is 0.304 e. The molecule has 1 saturated heterocycles. The molecule has 0 unspecified atom stereocenters. The van der Waals surface area contributed by atoms with Gasteiger partial charge in [-0.3, -0.25) is 9.78 Å². The molecule has 2 aromatic carbocycles. The SMILES string of the molecule is CC#C[C@@H](CC(=O)O)c1ccc(O[C@@H]2CCc3c(-c4cncc(OC5CCOCC5)c4)ccc(F)c32)cc1. The van der Waals surface area contributed by atoms with Crippen molar-refractivity contribution in [2.24, 2.45) is 0 Å². The van der Waals surface area contributed by atoms with Crippen molar-refractivity contribution in [1.29, 1.82) is 0 Å². The molecule has 5 rings (SSSR count). The van der Waals surface area contributed by atoms with E-state index < -0.39 is 18.0 Å². The van der Waals surface area contributed by atoms with Crippen LogP contribution in [0.3, 0.4) is 0 Å². The van der Waals surface area contributed by atoms with Crippen LogP contribution in [0.2, 0.25) is 0 Å². The van der Waals surface area contributed by atoms with Gasteiger partial charge < -0.3 is 19.3 Å². The van der Waals surface area contributed by atoms with E-state index in [1.54, 1.807) is 37.5 Å². The minimum atomic E-state index is -0.900. The number of aromatic nitrogens is 1. The predicted octanol–water partition coefficient (Wildman–Crippen LogP) is 6.09. The quantitative estimate of drug-likeness (QED) is 0.366. The van der Waals surface area contributed by atoms with Gasteiger partial charge in [0.05, 0.1) is 31.7 Å². The molecule has 3 aromatic rings. The molecule has 6 nitrogen and oxygen atoms in total. The third-order valence-corrected chi connectivity index (χ3v) is 7.04. The largest absolute Gasteiger partial charge is 0.489 e. The van der Waals surface area contributed by atoms with Crippen molar-refractivity contribution >= 4 is 5.97 Å². The average molecular weight is 516 g/mol. The van der Waals surface area contributed by atoms with E-state index in [9.17, 15) is 9.90 Å². The standard InChI is InChI=1S/C31H30FNO5/c1-2-3-21(17-30(34)35)20-4-6-23(7-5-20)38-29-11-9-27-26(8-10-28(32)31(27)29)22-16-25(19-33-18-22)37-24-12-14-36-15-13-24/h4-8,10,16,18-19,21,24,29H,9,11-15,17H2,1H3,(H,34,35)/t21-,29+/m0/s1. The Morgan fingerprint density at radius 2 is 1.89 bits per heavy atom. The zero-order valence-electron chi connectivity index (χ0n) is 21.3. The zero-order valence-corrected chi connectivity index (χ0v) is 21.3. The van der Waals surface area contributed by atoms with Crippen molar-refractivity contribution in [1.82, 2.24) is 4.98 Å². The second-order valence-corrected chi connectivity index (χ2v) is 9.59. The molecule has 196 valence electrons.